The number of nitriles is 1. The molecule has 0 unspecified atom stereocenters. The number of carbonyl (C=O) groups excluding carboxylic acids is 1. The number of hydrogen-bond acceptors (Lipinski definition) is 5. The van der Waals surface area contributed by atoms with Crippen molar-refractivity contribution in [3.8, 4) is 11.8 Å². The Balaban J connectivity index is 2.41. The molecule has 1 aromatic carbocycles. The number of amides is 1. The summed E-state index contributed by atoms with van der Waals surface area (Å²) in [6.45, 7) is 5.14. The summed E-state index contributed by atoms with van der Waals surface area (Å²) < 4.78 is 6.44. The van der Waals surface area contributed by atoms with Gasteiger partial charge in [0.15, 0.2) is 5.82 Å². The highest BCUT2D eigenvalue weighted by atomic mass is 16.6. The third-order valence-corrected chi connectivity index (χ3v) is 2.85. The van der Waals surface area contributed by atoms with Crippen molar-refractivity contribution >= 4 is 17.9 Å². The first kappa shape index (κ1) is 17.0. The lowest BCUT2D eigenvalue weighted by atomic mass is 10.2. The minimum absolute atomic E-state index is 0.0599. The van der Waals surface area contributed by atoms with Gasteiger partial charge in [-0.15, -0.1) is 0 Å². The van der Waals surface area contributed by atoms with E-state index in [1.54, 1.807) is 32.9 Å². The maximum Gasteiger partial charge on any atom is 0.413 e. The molecule has 0 spiro atoms. The molecule has 2 N–H and O–H groups in total. The zero-order valence-electron chi connectivity index (χ0n) is 13.4. The maximum atomic E-state index is 12.0. The number of rotatable bonds is 3. The first-order valence-electron chi connectivity index (χ1n) is 7.03. The fourth-order valence-electron chi connectivity index (χ4n) is 1.92. The molecule has 124 valence electrons. The standard InChI is InChI=1S/C16H16N4O4/c1-16(2,3)24-15(23)19-13-11(8-17)9-18-20(13)12-6-4-5-10(7-12)14(21)22/h4-7,9H,1-3H3,(H,19,23)(H,21,22). The summed E-state index contributed by atoms with van der Waals surface area (Å²) in [7, 11) is 0. The molecule has 1 aromatic heterocycles. The summed E-state index contributed by atoms with van der Waals surface area (Å²) in [5.41, 5.74) is -0.126. The van der Waals surface area contributed by atoms with E-state index in [2.05, 4.69) is 10.4 Å². The van der Waals surface area contributed by atoms with Crippen LogP contribution in [0.5, 0.6) is 0 Å². The smallest absolute Gasteiger partial charge is 0.413 e. The van der Waals surface area contributed by atoms with Gasteiger partial charge in [-0.2, -0.15) is 10.4 Å². The van der Waals surface area contributed by atoms with Crippen LogP contribution in [-0.2, 0) is 4.74 Å². The van der Waals surface area contributed by atoms with E-state index in [0.717, 1.165) is 0 Å². The minimum atomic E-state index is -1.09. The van der Waals surface area contributed by atoms with Crippen LogP contribution >= 0.6 is 0 Å². The van der Waals surface area contributed by atoms with E-state index >= 15 is 0 Å². The first-order valence-corrected chi connectivity index (χ1v) is 7.03. The number of nitrogens with zero attached hydrogens (tertiary/aromatic N) is 3. The Bertz CT molecular complexity index is 827. The SMILES string of the molecule is CC(C)(C)OC(=O)Nc1c(C#N)cnn1-c1cccc(C(=O)O)c1. The van der Waals surface area contributed by atoms with Crippen molar-refractivity contribution in [2.45, 2.75) is 26.4 Å². The van der Waals surface area contributed by atoms with Gasteiger partial charge in [0.05, 0.1) is 17.4 Å². The number of carboxylic acid groups (broad SMARTS) is 1. The Hall–Kier alpha value is -3.34. The van der Waals surface area contributed by atoms with Crippen LogP contribution in [0, 0.1) is 11.3 Å². The van der Waals surface area contributed by atoms with Gasteiger partial charge < -0.3 is 9.84 Å². The second kappa shape index (κ2) is 6.42. The van der Waals surface area contributed by atoms with Gasteiger partial charge in [-0.25, -0.2) is 14.3 Å². The summed E-state index contributed by atoms with van der Waals surface area (Å²) in [4.78, 5) is 23.1. The van der Waals surface area contributed by atoms with Crippen LogP contribution in [-0.4, -0.2) is 32.6 Å². The Morgan fingerprint density at radius 3 is 2.67 bits per heavy atom. The molecule has 24 heavy (non-hydrogen) atoms. The van der Waals surface area contributed by atoms with Gasteiger partial charge in [0.1, 0.15) is 17.2 Å². The number of aromatic nitrogens is 2. The highest BCUT2D eigenvalue weighted by Gasteiger charge is 2.20. The Labute approximate surface area is 138 Å². The van der Waals surface area contributed by atoms with Gasteiger partial charge in [-0.1, -0.05) is 6.07 Å². The van der Waals surface area contributed by atoms with E-state index in [1.807, 2.05) is 6.07 Å². The lowest BCUT2D eigenvalue weighted by molar-refractivity contribution is 0.0632. The number of aromatic carboxylic acids is 1. The van der Waals surface area contributed by atoms with Crippen LogP contribution in [0.2, 0.25) is 0 Å². The molecule has 2 aromatic rings. The molecule has 1 amide bonds. The van der Waals surface area contributed by atoms with Gasteiger partial charge in [-0.3, -0.25) is 5.32 Å². The number of carbonyl (C=O) groups is 2. The molecule has 2 rings (SSSR count). The topological polar surface area (TPSA) is 117 Å². The van der Waals surface area contributed by atoms with Crippen molar-refractivity contribution in [3.05, 3.63) is 41.6 Å². The van der Waals surface area contributed by atoms with E-state index in [-0.39, 0.29) is 16.9 Å². The molecule has 0 radical (unpaired) electrons. The van der Waals surface area contributed by atoms with Crippen molar-refractivity contribution in [2.75, 3.05) is 5.32 Å². The van der Waals surface area contributed by atoms with E-state index in [9.17, 15) is 14.9 Å². The monoisotopic (exact) mass is 328 g/mol. The molecular formula is C16H16N4O4. The highest BCUT2D eigenvalue weighted by Crippen LogP contribution is 2.21. The first-order chi connectivity index (χ1) is 11.2. The van der Waals surface area contributed by atoms with Crippen LogP contribution in [0.25, 0.3) is 5.69 Å². The fraction of sp³-hybridized carbons (Fsp3) is 0.250. The average Bonchev–Trinajstić information content (AvgIpc) is 2.88. The Morgan fingerprint density at radius 2 is 2.08 bits per heavy atom. The summed E-state index contributed by atoms with van der Waals surface area (Å²) in [5, 5.41) is 24.8. The molecule has 1 heterocycles. The molecule has 0 aliphatic carbocycles. The lowest BCUT2D eigenvalue weighted by Gasteiger charge is -2.20. The lowest BCUT2D eigenvalue weighted by Crippen LogP contribution is -2.28. The van der Waals surface area contributed by atoms with Gasteiger partial charge in [0.25, 0.3) is 0 Å². The van der Waals surface area contributed by atoms with Crippen LogP contribution in [0.4, 0.5) is 10.6 Å². The number of ether oxygens (including phenoxy) is 1. The van der Waals surface area contributed by atoms with Crippen molar-refractivity contribution < 1.29 is 19.4 Å². The van der Waals surface area contributed by atoms with Crippen LogP contribution < -0.4 is 5.32 Å². The molecule has 0 atom stereocenters. The summed E-state index contributed by atoms with van der Waals surface area (Å²) >= 11 is 0. The molecule has 0 saturated heterocycles. The molecule has 8 nitrogen and oxygen atoms in total. The van der Waals surface area contributed by atoms with E-state index in [4.69, 9.17) is 9.84 Å². The molecule has 0 saturated carbocycles. The number of nitrogens with one attached hydrogen (secondary N) is 1. The fourth-order valence-corrected chi connectivity index (χ4v) is 1.92. The Morgan fingerprint density at radius 1 is 1.38 bits per heavy atom. The second-order valence-electron chi connectivity index (χ2n) is 5.91. The van der Waals surface area contributed by atoms with Crippen molar-refractivity contribution in [2.24, 2.45) is 0 Å². The summed E-state index contributed by atoms with van der Waals surface area (Å²) in [5.74, 6) is -0.986. The molecule has 0 aliphatic heterocycles. The second-order valence-corrected chi connectivity index (χ2v) is 5.91. The van der Waals surface area contributed by atoms with E-state index < -0.39 is 17.7 Å². The Kier molecular flexibility index (Phi) is 4.55. The van der Waals surface area contributed by atoms with Gasteiger partial charge in [0.2, 0.25) is 0 Å². The third kappa shape index (κ3) is 3.89. The largest absolute Gasteiger partial charge is 0.478 e. The molecular weight excluding hydrogens is 312 g/mol. The molecule has 8 heteroatoms. The van der Waals surface area contributed by atoms with E-state index in [0.29, 0.717) is 5.69 Å². The van der Waals surface area contributed by atoms with Gasteiger partial charge in [-0.05, 0) is 39.0 Å². The molecule has 0 fully saturated rings. The number of hydrogen-bond donors (Lipinski definition) is 2. The zero-order chi connectivity index (χ0) is 17.9. The normalized spacial score (nSPS) is 10.8. The van der Waals surface area contributed by atoms with Crippen molar-refractivity contribution in [1.82, 2.24) is 9.78 Å². The predicted molar refractivity (Wildman–Crippen MR) is 85.1 cm³/mol. The van der Waals surface area contributed by atoms with Gasteiger partial charge >= 0.3 is 12.1 Å². The minimum Gasteiger partial charge on any atom is -0.478 e. The highest BCUT2D eigenvalue weighted by molar-refractivity contribution is 5.89. The zero-order valence-corrected chi connectivity index (χ0v) is 13.4. The number of anilines is 1. The average molecular weight is 328 g/mol. The quantitative estimate of drug-likeness (QED) is 0.894. The van der Waals surface area contributed by atoms with Crippen LogP contribution in [0.1, 0.15) is 36.7 Å². The van der Waals surface area contributed by atoms with Gasteiger partial charge in [0, 0.05) is 0 Å². The number of carboxylic acids is 1. The van der Waals surface area contributed by atoms with Crippen LogP contribution in [0.15, 0.2) is 30.5 Å². The maximum absolute atomic E-state index is 12.0. The summed E-state index contributed by atoms with van der Waals surface area (Å²) in [6.07, 6.45) is 0.537. The van der Waals surface area contributed by atoms with Crippen molar-refractivity contribution in [1.29, 1.82) is 5.26 Å². The molecule has 0 bridgehead atoms. The number of benzene rings is 1. The van der Waals surface area contributed by atoms with Crippen molar-refractivity contribution in [3.63, 3.8) is 0 Å². The molecule has 0 aliphatic rings. The third-order valence-electron chi connectivity index (χ3n) is 2.85. The predicted octanol–water partition coefficient (Wildman–Crippen LogP) is 2.79. The van der Waals surface area contributed by atoms with E-state index in [1.165, 1.54) is 23.0 Å². The van der Waals surface area contributed by atoms with Crippen LogP contribution in [0.3, 0.4) is 0 Å². The summed E-state index contributed by atoms with van der Waals surface area (Å²) in [6, 6.07) is 7.90.